The molecule has 0 saturated heterocycles. The van der Waals surface area contributed by atoms with E-state index < -0.39 is 0 Å². The first-order chi connectivity index (χ1) is 10.7. The number of benzene rings is 1. The molecular weight excluding hydrogens is 276 g/mol. The fraction of sp³-hybridized carbons (Fsp3) is 0.0625. The maximum atomic E-state index is 6.14. The van der Waals surface area contributed by atoms with Crippen LogP contribution in [0.4, 0.5) is 28.7 Å². The summed E-state index contributed by atoms with van der Waals surface area (Å²) in [5.74, 6) is 1.12. The molecule has 0 fully saturated rings. The number of anilines is 5. The predicted molar refractivity (Wildman–Crippen MR) is 88.4 cm³/mol. The normalized spacial score (nSPS) is 10.2. The quantitative estimate of drug-likeness (QED) is 0.684. The Morgan fingerprint density at radius 2 is 1.36 bits per heavy atom. The molecule has 4 N–H and O–H groups in total. The minimum Gasteiger partial charge on any atom is -0.393 e. The zero-order valence-electron chi connectivity index (χ0n) is 12.1. The molecule has 0 atom stereocenters. The second-order valence-corrected chi connectivity index (χ2v) is 4.84. The number of pyridine rings is 1. The number of nitrogens with zero attached hydrogens (tertiary/aromatic N) is 3. The molecule has 22 heavy (non-hydrogen) atoms. The van der Waals surface area contributed by atoms with Gasteiger partial charge < -0.3 is 16.4 Å². The number of nitrogens with one attached hydrogen (secondary N) is 2. The van der Waals surface area contributed by atoms with E-state index >= 15 is 0 Å². The van der Waals surface area contributed by atoms with E-state index in [2.05, 4.69) is 25.6 Å². The van der Waals surface area contributed by atoms with E-state index in [-0.39, 0.29) is 0 Å². The molecule has 0 aliphatic carbocycles. The van der Waals surface area contributed by atoms with Gasteiger partial charge in [0.05, 0.1) is 0 Å². The zero-order chi connectivity index (χ0) is 15.4. The largest absolute Gasteiger partial charge is 0.393 e. The maximum Gasteiger partial charge on any atom is 0.159 e. The van der Waals surface area contributed by atoms with Gasteiger partial charge in [-0.2, -0.15) is 0 Å². The smallest absolute Gasteiger partial charge is 0.159 e. The van der Waals surface area contributed by atoms with Gasteiger partial charge in [-0.3, -0.25) is 4.98 Å². The molecule has 3 rings (SSSR count). The van der Waals surface area contributed by atoms with Gasteiger partial charge in [0, 0.05) is 23.8 Å². The van der Waals surface area contributed by atoms with Crippen molar-refractivity contribution in [1.29, 1.82) is 0 Å². The average molecular weight is 292 g/mol. The van der Waals surface area contributed by atoms with E-state index in [1.807, 2.05) is 43.3 Å². The number of rotatable bonds is 4. The van der Waals surface area contributed by atoms with Crippen molar-refractivity contribution in [2.45, 2.75) is 6.92 Å². The van der Waals surface area contributed by atoms with Gasteiger partial charge in [-0.1, -0.05) is 17.7 Å². The third kappa shape index (κ3) is 3.12. The predicted octanol–water partition coefficient (Wildman–Crippen LogP) is 3.25. The molecule has 3 aromatic rings. The summed E-state index contributed by atoms with van der Waals surface area (Å²) in [4.78, 5) is 12.4. The minimum atomic E-state index is 0.458. The molecule has 110 valence electrons. The number of aromatic nitrogens is 3. The van der Waals surface area contributed by atoms with E-state index in [4.69, 9.17) is 5.73 Å². The number of hydrogen-bond acceptors (Lipinski definition) is 6. The molecule has 0 aliphatic rings. The fourth-order valence-electron chi connectivity index (χ4n) is 1.94. The van der Waals surface area contributed by atoms with Crippen LogP contribution in [0, 0.1) is 6.92 Å². The molecule has 1 aromatic carbocycles. The van der Waals surface area contributed by atoms with E-state index in [1.54, 1.807) is 12.4 Å². The van der Waals surface area contributed by atoms with Gasteiger partial charge in [0.15, 0.2) is 11.6 Å². The van der Waals surface area contributed by atoms with Gasteiger partial charge in [0.1, 0.15) is 12.0 Å². The third-order valence-electron chi connectivity index (χ3n) is 3.14. The van der Waals surface area contributed by atoms with Gasteiger partial charge in [0.25, 0.3) is 0 Å². The lowest BCUT2D eigenvalue weighted by molar-refractivity contribution is 1.17. The Balaban J connectivity index is 1.84. The Morgan fingerprint density at radius 1 is 0.818 bits per heavy atom. The molecule has 0 bridgehead atoms. The summed E-state index contributed by atoms with van der Waals surface area (Å²) in [5, 5.41) is 6.35. The molecule has 0 amide bonds. The summed E-state index contributed by atoms with van der Waals surface area (Å²) in [5.41, 5.74) is 9.58. The first-order valence-corrected chi connectivity index (χ1v) is 6.83. The van der Waals surface area contributed by atoms with Crippen molar-refractivity contribution in [1.82, 2.24) is 15.0 Å². The molecule has 0 aliphatic heterocycles. The highest BCUT2D eigenvalue weighted by Crippen LogP contribution is 2.27. The van der Waals surface area contributed by atoms with Gasteiger partial charge in [-0.05, 0) is 31.2 Å². The van der Waals surface area contributed by atoms with Crippen LogP contribution >= 0.6 is 0 Å². The van der Waals surface area contributed by atoms with Crippen LogP contribution in [0.2, 0.25) is 0 Å². The van der Waals surface area contributed by atoms with E-state index in [0.29, 0.717) is 17.3 Å². The molecular formula is C16H16N6. The van der Waals surface area contributed by atoms with Crippen LogP contribution in [0.15, 0.2) is 55.1 Å². The lowest BCUT2D eigenvalue weighted by Crippen LogP contribution is -2.05. The fourth-order valence-corrected chi connectivity index (χ4v) is 1.94. The molecule has 2 heterocycles. The van der Waals surface area contributed by atoms with E-state index in [9.17, 15) is 0 Å². The maximum absolute atomic E-state index is 6.14. The second-order valence-electron chi connectivity index (χ2n) is 4.84. The molecule has 2 aromatic heterocycles. The van der Waals surface area contributed by atoms with Crippen LogP contribution in [0.25, 0.3) is 0 Å². The highest BCUT2D eigenvalue weighted by Gasteiger charge is 2.08. The Hall–Kier alpha value is -3.15. The Bertz CT molecular complexity index is 755. The van der Waals surface area contributed by atoms with Gasteiger partial charge in [0.2, 0.25) is 0 Å². The first-order valence-electron chi connectivity index (χ1n) is 6.83. The van der Waals surface area contributed by atoms with Crippen LogP contribution in [-0.2, 0) is 0 Å². The van der Waals surface area contributed by atoms with Crippen LogP contribution < -0.4 is 16.4 Å². The number of nitrogen functional groups attached to an aromatic ring is 1. The van der Waals surface area contributed by atoms with Crippen LogP contribution in [-0.4, -0.2) is 15.0 Å². The van der Waals surface area contributed by atoms with Crippen molar-refractivity contribution in [3.05, 3.63) is 60.7 Å². The highest BCUT2D eigenvalue weighted by molar-refractivity contribution is 5.80. The van der Waals surface area contributed by atoms with Crippen LogP contribution in [0.5, 0.6) is 0 Å². The number of hydrogen-bond donors (Lipinski definition) is 3. The monoisotopic (exact) mass is 292 g/mol. The van der Waals surface area contributed by atoms with Crippen molar-refractivity contribution in [2.24, 2.45) is 0 Å². The first kappa shape index (κ1) is 13.8. The van der Waals surface area contributed by atoms with E-state index in [0.717, 1.165) is 11.4 Å². The molecule has 0 unspecified atom stereocenters. The Labute approximate surface area is 128 Å². The molecule has 0 saturated carbocycles. The lowest BCUT2D eigenvalue weighted by atomic mass is 10.2. The lowest BCUT2D eigenvalue weighted by Gasteiger charge is -2.12. The second kappa shape index (κ2) is 6.09. The minimum absolute atomic E-state index is 0.458. The number of aryl methyl sites for hydroxylation is 1. The molecule has 0 spiro atoms. The number of nitrogens with two attached hydrogens (primary N) is 1. The third-order valence-corrected chi connectivity index (χ3v) is 3.14. The Morgan fingerprint density at radius 3 is 1.95 bits per heavy atom. The van der Waals surface area contributed by atoms with Gasteiger partial charge in [-0.25, -0.2) is 9.97 Å². The van der Waals surface area contributed by atoms with Crippen molar-refractivity contribution in [3.8, 4) is 0 Å². The van der Waals surface area contributed by atoms with Crippen LogP contribution in [0.1, 0.15) is 5.56 Å². The topological polar surface area (TPSA) is 88.8 Å². The Kier molecular flexibility index (Phi) is 3.82. The standard InChI is InChI=1S/C16H16N6/c1-11-2-4-12(5-3-11)21-15-14(17)16(20-10-19-15)22-13-6-8-18-9-7-13/h2-10H,17H2,1H3,(H2,18,19,20,21,22). The van der Waals surface area contributed by atoms with Crippen molar-refractivity contribution in [3.63, 3.8) is 0 Å². The summed E-state index contributed by atoms with van der Waals surface area (Å²) in [6, 6.07) is 11.7. The van der Waals surface area contributed by atoms with Crippen LogP contribution in [0.3, 0.4) is 0 Å². The summed E-state index contributed by atoms with van der Waals surface area (Å²) < 4.78 is 0. The average Bonchev–Trinajstić information content (AvgIpc) is 2.54. The van der Waals surface area contributed by atoms with Crippen molar-refractivity contribution >= 4 is 28.7 Å². The zero-order valence-corrected chi connectivity index (χ0v) is 12.1. The summed E-state index contributed by atoms with van der Waals surface area (Å²) in [7, 11) is 0. The molecule has 6 nitrogen and oxygen atoms in total. The summed E-state index contributed by atoms with van der Waals surface area (Å²) in [6.07, 6.45) is 4.87. The highest BCUT2D eigenvalue weighted by atomic mass is 15.1. The summed E-state index contributed by atoms with van der Waals surface area (Å²) >= 11 is 0. The molecule has 0 radical (unpaired) electrons. The summed E-state index contributed by atoms with van der Waals surface area (Å²) in [6.45, 7) is 2.04. The molecule has 6 heteroatoms. The van der Waals surface area contributed by atoms with Crippen molar-refractivity contribution in [2.75, 3.05) is 16.4 Å². The van der Waals surface area contributed by atoms with Crippen molar-refractivity contribution < 1.29 is 0 Å². The van der Waals surface area contributed by atoms with Gasteiger partial charge in [-0.15, -0.1) is 0 Å². The van der Waals surface area contributed by atoms with Gasteiger partial charge >= 0.3 is 0 Å². The van der Waals surface area contributed by atoms with E-state index in [1.165, 1.54) is 11.9 Å². The SMILES string of the molecule is Cc1ccc(Nc2ncnc(Nc3ccncc3)c2N)cc1.